The fourth-order valence-electron chi connectivity index (χ4n) is 2.49. The van der Waals surface area contributed by atoms with Crippen LogP contribution in [-0.2, 0) is 4.79 Å². The minimum atomic E-state index is -0.568. The Balaban J connectivity index is 2.49. The first-order valence-corrected chi connectivity index (χ1v) is 7.92. The number of nitrogens with zero attached hydrogens (tertiary/aromatic N) is 2. The molecule has 120 valence electrons. The van der Waals surface area contributed by atoms with Gasteiger partial charge < -0.3 is 9.64 Å². The van der Waals surface area contributed by atoms with E-state index in [2.05, 4.69) is 6.07 Å². The molecule has 0 aliphatic carbocycles. The van der Waals surface area contributed by atoms with Gasteiger partial charge in [-0.1, -0.05) is 18.2 Å². The standard InChI is InChI=1S/C18H26N2O2/c1-5-20(6-2)18(21)16(13-19)11-8-12-22-17-14(3)9-7-10-15(17)4/h7,9-10,16H,5-6,8,11-12H2,1-4H3. The molecule has 0 N–H and O–H groups in total. The first kappa shape index (κ1) is 18.0. The zero-order valence-corrected chi connectivity index (χ0v) is 14.1. The molecule has 22 heavy (non-hydrogen) atoms. The summed E-state index contributed by atoms with van der Waals surface area (Å²) in [6.45, 7) is 9.71. The number of amides is 1. The van der Waals surface area contributed by atoms with Gasteiger partial charge in [-0.15, -0.1) is 0 Å². The number of aryl methyl sites for hydroxylation is 2. The van der Waals surface area contributed by atoms with Crippen LogP contribution in [0.25, 0.3) is 0 Å². The second-order valence-corrected chi connectivity index (χ2v) is 5.40. The van der Waals surface area contributed by atoms with E-state index in [1.165, 1.54) is 0 Å². The lowest BCUT2D eigenvalue weighted by atomic mass is 10.0. The molecule has 4 nitrogen and oxygen atoms in total. The smallest absolute Gasteiger partial charge is 0.239 e. The normalized spacial score (nSPS) is 11.6. The summed E-state index contributed by atoms with van der Waals surface area (Å²) in [5.41, 5.74) is 2.21. The van der Waals surface area contributed by atoms with Gasteiger partial charge in [0.2, 0.25) is 5.91 Å². The van der Waals surface area contributed by atoms with E-state index >= 15 is 0 Å². The molecule has 0 aliphatic heterocycles. The van der Waals surface area contributed by atoms with Crippen molar-refractivity contribution in [3.63, 3.8) is 0 Å². The Hall–Kier alpha value is -2.02. The maximum absolute atomic E-state index is 12.2. The monoisotopic (exact) mass is 302 g/mol. The molecule has 0 aliphatic rings. The topological polar surface area (TPSA) is 53.3 Å². The third-order valence-electron chi connectivity index (χ3n) is 3.82. The summed E-state index contributed by atoms with van der Waals surface area (Å²) in [7, 11) is 0. The minimum absolute atomic E-state index is 0.0698. The quantitative estimate of drug-likeness (QED) is 0.691. The highest BCUT2D eigenvalue weighted by Crippen LogP contribution is 2.22. The zero-order chi connectivity index (χ0) is 16.5. The summed E-state index contributed by atoms with van der Waals surface area (Å²) in [4.78, 5) is 13.9. The van der Waals surface area contributed by atoms with Crippen LogP contribution in [0.5, 0.6) is 5.75 Å². The summed E-state index contributed by atoms with van der Waals surface area (Å²) in [5, 5.41) is 9.20. The van der Waals surface area contributed by atoms with Crippen LogP contribution in [0.1, 0.15) is 37.8 Å². The van der Waals surface area contributed by atoms with Crippen LogP contribution in [-0.4, -0.2) is 30.5 Å². The van der Waals surface area contributed by atoms with Gasteiger partial charge in [-0.3, -0.25) is 4.79 Å². The summed E-state index contributed by atoms with van der Waals surface area (Å²) >= 11 is 0. The van der Waals surface area contributed by atoms with Gasteiger partial charge in [0.1, 0.15) is 11.7 Å². The first-order valence-electron chi connectivity index (χ1n) is 7.92. The molecule has 1 atom stereocenters. The fraction of sp³-hybridized carbons (Fsp3) is 0.556. The van der Waals surface area contributed by atoms with Gasteiger partial charge in [-0.05, 0) is 51.7 Å². The SMILES string of the molecule is CCN(CC)C(=O)C(C#N)CCCOc1c(C)cccc1C. The van der Waals surface area contributed by atoms with Crippen LogP contribution in [0.4, 0.5) is 0 Å². The Morgan fingerprint density at radius 2 is 1.86 bits per heavy atom. The molecule has 1 aromatic carbocycles. The van der Waals surface area contributed by atoms with Crippen LogP contribution in [0.3, 0.4) is 0 Å². The summed E-state index contributed by atoms with van der Waals surface area (Å²) < 4.78 is 5.82. The predicted octanol–water partition coefficient (Wildman–Crippen LogP) is 3.47. The van der Waals surface area contributed by atoms with Crippen molar-refractivity contribution < 1.29 is 9.53 Å². The van der Waals surface area contributed by atoms with Crippen LogP contribution >= 0.6 is 0 Å². The maximum Gasteiger partial charge on any atom is 0.239 e. The van der Waals surface area contributed by atoms with Crippen molar-refractivity contribution in [1.82, 2.24) is 4.90 Å². The molecule has 1 unspecified atom stereocenters. The summed E-state index contributed by atoms with van der Waals surface area (Å²) in [6, 6.07) is 8.17. The van der Waals surface area contributed by atoms with Crippen LogP contribution in [0.2, 0.25) is 0 Å². The third-order valence-corrected chi connectivity index (χ3v) is 3.82. The van der Waals surface area contributed by atoms with Crippen LogP contribution in [0, 0.1) is 31.1 Å². The Labute approximate surface area is 133 Å². The van der Waals surface area contributed by atoms with E-state index in [1.807, 2.05) is 45.9 Å². The third kappa shape index (κ3) is 4.77. The van der Waals surface area contributed by atoms with Gasteiger partial charge in [0.25, 0.3) is 0 Å². The maximum atomic E-state index is 12.2. The Bertz CT molecular complexity index is 510. The molecule has 1 amide bonds. The van der Waals surface area contributed by atoms with Crippen molar-refractivity contribution >= 4 is 5.91 Å². The molecule has 1 aromatic rings. The number of hydrogen-bond acceptors (Lipinski definition) is 3. The molecule has 0 saturated heterocycles. The Morgan fingerprint density at radius 1 is 1.27 bits per heavy atom. The Kier molecular flexibility index (Phi) is 7.45. The average Bonchev–Trinajstić information content (AvgIpc) is 2.51. The van der Waals surface area contributed by atoms with E-state index in [0.29, 0.717) is 32.5 Å². The van der Waals surface area contributed by atoms with Crippen molar-refractivity contribution in [3.05, 3.63) is 29.3 Å². The Morgan fingerprint density at radius 3 is 2.36 bits per heavy atom. The second-order valence-electron chi connectivity index (χ2n) is 5.40. The van der Waals surface area contributed by atoms with E-state index in [1.54, 1.807) is 4.90 Å². The molecular formula is C18H26N2O2. The van der Waals surface area contributed by atoms with Gasteiger partial charge in [0, 0.05) is 13.1 Å². The van der Waals surface area contributed by atoms with Gasteiger partial charge in [0.05, 0.1) is 12.7 Å². The van der Waals surface area contributed by atoms with Crippen LogP contribution in [0.15, 0.2) is 18.2 Å². The number of carbonyl (C=O) groups is 1. The largest absolute Gasteiger partial charge is 0.493 e. The second kappa shape index (κ2) is 9.09. The van der Waals surface area contributed by atoms with E-state index in [0.717, 1.165) is 16.9 Å². The van der Waals surface area contributed by atoms with Gasteiger partial charge in [0.15, 0.2) is 0 Å². The highest BCUT2D eigenvalue weighted by molar-refractivity contribution is 5.81. The number of para-hydroxylation sites is 1. The molecule has 0 fully saturated rings. The lowest BCUT2D eigenvalue weighted by Crippen LogP contribution is -2.35. The number of benzene rings is 1. The van der Waals surface area contributed by atoms with Crippen LogP contribution < -0.4 is 4.74 Å². The lowest BCUT2D eigenvalue weighted by Gasteiger charge is -2.21. The highest BCUT2D eigenvalue weighted by atomic mass is 16.5. The van der Waals surface area contributed by atoms with Gasteiger partial charge >= 0.3 is 0 Å². The van der Waals surface area contributed by atoms with Gasteiger partial charge in [-0.2, -0.15) is 5.26 Å². The van der Waals surface area contributed by atoms with Crippen molar-refractivity contribution in [2.75, 3.05) is 19.7 Å². The zero-order valence-electron chi connectivity index (χ0n) is 14.1. The molecule has 0 radical (unpaired) electrons. The lowest BCUT2D eigenvalue weighted by molar-refractivity contribution is -0.133. The average molecular weight is 302 g/mol. The number of hydrogen-bond donors (Lipinski definition) is 0. The molecular weight excluding hydrogens is 276 g/mol. The number of nitriles is 1. The van der Waals surface area contributed by atoms with E-state index < -0.39 is 5.92 Å². The molecule has 0 aromatic heterocycles. The van der Waals surface area contributed by atoms with E-state index in [4.69, 9.17) is 4.74 Å². The predicted molar refractivity (Wildman–Crippen MR) is 87.7 cm³/mol. The molecule has 1 rings (SSSR count). The van der Waals surface area contributed by atoms with Crippen molar-refractivity contribution in [2.24, 2.45) is 5.92 Å². The molecule has 0 heterocycles. The molecule has 0 saturated carbocycles. The van der Waals surface area contributed by atoms with Crippen molar-refractivity contribution in [3.8, 4) is 11.8 Å². The fourth-order valence-corrected chi connectivity index (χ4v) is 2.49. The molecule has 0 bridgehead atoms. The number of rotatable bonds is 8. The van der Waals surface area contributed by atoms with Crippen molar-refractivity contribution in [1.29, 1.82) is 5.26 Å². The molecule has 0 spiro atoms. The van der Waals surface area contributed by atoms with Gasteiger partial charge in [-0.25, -0.2) is 0 Å². The van der Waals surface area contributed by atoms with E-state index in [9.17, 15) is 10.1 Å². The van der Waals surface area contributed by atoms with E-state index in [-0.39, 0.29) is 5.91 Å². The molecule has 4 heteroatoms. The highest BCUT2D eigenvalue weighted by Gasteiger charge is 2.21. The minimum Gasteiger partial charge on any atom is -0.493 e. The summed E-state index contributed by atoms with van der Waals surface area (Å²) in [5.74, 6) is 0.270. The summed E-state index contributed by atoms with van der Waals surface area (Å²) in [6.07, 6.45) is 1.23. The number of carbonyl (C=O) groups excluding carboxylic acids is 1. The van der Waals surface area contributed by atoms with Crippen molar-refractivity contribution in [2.45, 2.75) is 40.5 Å². The number of ether oxygens (including phenoxy) is 1. The first-order chi connectivity index (χ1) is 10.5.